The molecule has 0 N–H and O–H groups in total. The van der Waals surface area contributed by atoms with Gasteiger partial charge in [-0.3, -0.25) is 0 Å². The molecule has 0 aliphatic heterocycles. The molecule has 0 amide bonds. The van der Waals surface area contributed by atoms with Gasteiger partial charge in [-0.1, -0.05) is 0 Å². The molecular formula is C15H27Ru. The quantitative estimate of drug-likeness (QED) is 0.375. The summed E-state index contributed by atoms with van der Waals surface area (Å²) < 4.78 is 0. The molecule has 0 nitrogen and oxygen atoms in total. The van der Waals surface area contributed by atoms with E-state index >= 15 is 0 Å². The molecule has 0 aliphatic carbocycles. The Morgan fingerprint density at radius 3 is 1.12 bits per heavy atom. The van der Waals surface area contributed by atoms with Crippen LogP contribution < -0.4 is 0 Å². The molecule has 0 atom stereocenters. The fourth-order valence-corrected chi connectivity index (χ4v) is 6.79. The van der Waals surface area contributed by atoms with Crippen molar-refractivity contribution in [1.29, 1.82) is 0 Å². The molecule has 0 aliphatic rings. The molecule has 16 heavy (non-hydrogen) atoms. The van der Waals surface area contributed by atoms with Crippen LogP contribution in [-0.4, -0.2) is 0 Å². The zero-order chi connectivity index (χ0) is 12.6. The van der Waals surface area contributed by atoms with Gasteiger partial charge in [-0.25, -0.2) is 0 Å². The van der Waals surface area contributed by atoms with Gasteiger partial charge in [0.05, 0.1) is 0 Å². The molecule has 0 saturated carbocycles. The molecule has 0 rings (SSSR count). The summed E-state index contributed by atoms with van der Waals surface area (Å²) in [6.07, 6.45) is 3.38. The summed E-state index contributed by atoms with van der Waals surface area (Å²) >= 11 is -0.805. The van der Waals surface area contributed by atoms with Crippen LogP contribution in [0.4, 0.5) is 0 Å². The molecule has 0 spiro atoms. The Labute approximate surface area is 107 Å². The Morgan fingerprint density at radius 1 is 0.688 bits per heavy atom. The summed E-state index contributed by atoms with van der Waals surface area (Å²) in [4.78, 5) is 0. The van der Waals surface area contributed by atoms with Gasteiger partial charge < -0.3 is 0 Å². The minimum absolute atomic E-state index is 0.805. The summed E-state index contributed by atoms with van der Waals surface area (Å²) in [5.41, 5.74) is 4.27. The second-order valence-corrected chi connectivity index (χ2v) is 8.67. The monoisotopic (exact) mass is 309 g/mol. The van der Waals surface area contributed by atoms with E-state index in [9.17, 15) is 0 Å². The van der Waals surface area contributed by atoms with Crippen LogP contribution in [0.25, 0.3) is 0 Å². The predicted molar refractivity (Wildman–Crippen MR) is 72.7 cm³/mol. The van der Waals surface area contributed by atoms with Crippen molar-refractivity contribution in [2.45, 2.75) is 55.1 Å². The van der Waals surface area contributed by atoms with Crippen molar-refractivity contribution in [3.63, 3.8) is 0 Å². The Morgan fingerprint density at radius 2 is 0.938 bits per heavy atom. The first-order chi connectivity index (χ1) is 7.53. The van der Waals surface area contributed by atoms with Crippen molar-refractivity contribution < 1.29 is 16.0 Å². The van der Waals surface area contributed by atoms with Crippen LogP contribution in [0.2, 0.25) is 15.0 Å². The van der Waals surface area contributed by atoms with Crippen LogP contribution >= 0.6 is 0 Å². The zero-order valence-electron chi connectivity index (χ0n) is 11.2. The first-order valence-corrected chi connectivity index (χ1v) is 9.74. The van der Waals surface area contributed by atoms with Gasteiger partial charge in [0.25, 0.3) is 0 Å². The molecule has 0 radical (unpaired) electrons. The number of allylic oxidation sites excluding steroid dienone is 3. The van der Waals surface area contributed by atoms with E-state index in [0.717, 1.165) is 19.3 Å². The van der Waals surface area contributed by atoms with Crippen molar-refractivity contribution in [2.75, 3.05) is 0 Å². The number of hydrogen-bond acceptors (Lipinski definition) is 0. The standard InChI is InChI=1S/3C5H9.Ru/c3*1-4-5(2)3;/h3*2-4H2,1H3;. The van der Waals surface area contributed by atoms with Gasteiger partial charge >= 0.3 is 107 Å². The molecule has 95 valence electrons. The van der Waals surface area contributed by atoms with Gasteiger partial charge in [-0.15, -0.1) is 0 Å². The van der Waals surface area contributed by atoms with Crippen molar-refractivity contribution in [3.8, 4) is 0 Å². The number of rotatable bonds is 9. The maximum atomic E-state index is 4.16. The third-order valence-corrected chi connectivity index (χ3v) is 7.77. The zero-order valence-corrected chi connectivity index (χ0v) is 13.0. The fourth-order valence-electron chi connectivity index (χ4n) is 1.15. The van der Waals surface area contributed by atoms with E-state index in [1.807, 2.05) is 0 Å². The molecule has 0 aromatic rings. The van der Waals surface area contributed by atoms with Crippen LogP contribution in [0.3, 0.4) is 0 Å². The van der Waals surface area contributed by atoms with Crippen LogP contribution in [-0.2, 0) is 16.0 Å². The molecule has 1 heteroatoms. The molecular weight excluding hydrogens is 281 g/mol. The third-order valence-electron chi connectivity index (χ3n) is 2.56. The van der Waals surface area contributed by atoms with Crippen LogP contribution in [0.15, 0.2) is 36.5 Å². The Kier molecular flexibility index (Phi) is 8.85. The third kappa shape index (κ3) is 7.17. The average molecular weight is 308 g/mol. The molecule has 0 saturated heterocycles. The van der Waals surface area contributed by atoms with E-state index in [1.165, 1.54) is 31.8 Å². The Bertz CT molecular complexity index is 207. The first-order valence-electron chi connectivity index (χ1n) is 6.05. The van der Waals surface area contributed by atoms with E-state index in [2.05, 4.69) is 40.5 Å². The topological polar surface area (TPSA) is 0 Å². The molecule has 0 aromatic heterocycles. The second kappa shape index (κ2) is 8.93. The minimum atomic E-state index is -0.805. The van der Waals surface area contributed by atoms with Gasteiger partial charge in [-0.05, 0) is 0 Å². The van der Waals surface area contributed by atoms with E-state index in [1.54, 1.807) is 0 Å². The average Bonchev–Trinajstić information content (AvgIpc) is 2.28. The van der Waals surface area contributed by atoms with Crippen molar-refractivity contribution in [2.24, 2.45) is 0 Å². The van der Waals surface area contributed by atoms with Gasteiger partial charge in [0, 0.05) is 0 Å². The van der Waals surface area contributed by atoms with E-state index in [0.29, 0.717) is 0 Å². The second-order valence-electron chi connectivity index (χ2n) is 4.22. The normalized spacial score (nSPS) is 11.1. The van der Waals surface area contributed by atoms with Gasteiger partial charge in [0.2, 0.25) is 0 Å². The molecule has 0 fully saturated rings. The van der Waals surface area contributed by atoms with Gasteiger partial charge in [0.1, 0.15) is 0 Å². The van der Waals surface area contributed by atoms with Crippen LogP contribution in [0.5, 0.6) is 0 Å². The molecule has 0 bridgehead atoms. The van der Waals surface area contributed by atoms with E-state index < -0.39 is 16.0 Å². The summed E-state index contributed by atoms with van der Waals surface area (Å²) in [6.45, 7) is 19.1. The summed E-state index contributed by atoms with van der Waals surface area (Å²) in [7, 11) is 0. The Hall–Kier alpha value is -0.157. The molecule has 0 heterocycles. The predicted octanol–water partition coefficient (Wildman–Crippen LogP) is 5.76. The van der Waals surface area contributed by atoms with Crippen LogP contribution in [0.1, 0.15) is 40.0 Å². The van der Waals surface area contributed by atoms with E-state index in [-0.39, 0.29) is 0 Å². The maximum absolute atomic E-state index is 4.16. The molecule has 0 unspecified atom stereocenters. The van der Waals surface area contributed by atoms with E-state index in [4.69, 9.17) is 0 Å². The Balaban J connectivity index is 4.31. The summed E-state index contributed by atoms with van der Waals surface area (Å²) in [6, 6.07) is 0. The van der Waals surface area contributed by atoms with Gasteiger partial charge in [-0.2, -0.15) is 0 Å². The van der Waals surface area contributed by atoms with Crippen molar-refractivity contribution >= 4 is 0 Å². The summed E-state index contributed by atoms with van der Waals surface area (Å²) in [5.74, 6) is 0. The van der Waals surface area contributed by atoms with Crippen molar-refractivity contribution in [3.05, 3.63) is 36.5 Å². The van der Waals surface area contributed by atoms with Crippen molar-refractivity contribution in [1.82, 2.24) is 0 Å². The number of hydrogen-bond donors (Lipinski definition) is 0. The van der Waals surface area contributed by atoms with Gasteiger partial charge in [0.15, 0.2) is 0 Å². The SMILES string of the molecule is C=C(CC)[CH2][Ru]([CH2]C(=C)CC)[CH2]C(=C)CC. The first kappa shape index (κ1) is 15.8. The summed E-state index contributed by atoms with van der Waals surface area (Å²) in [5, 5.41) is 3.83. The van der Waals surface area contributed by atoms with Crippen LogP contribution in [0, 0.1) is 0 Å². The molecule has 0 aromatic carbocycles. The fraction of sp³-hybridized carbons (Fsp3) is 0.600.